The Hall–Kier alpha value is -2.23. The van der Waals surface area contributed by atoms with Crippen molar-refractivity contribution in [3.8, 4) is 0 Å². The first-order valence-corrected chi connectivity index (χ1v) is 17.6. The fourth-order valence-electron chi connectivity index (χ4n) is 4.38. The zero-order chi connectivity index (χ0) is 23.2. The van der Waals surface area contributed by atoms with Crippen LogP contribution in [0.25, 0.3) is 0 Å². The molecule has 0 aliphatic rings. The molecule has 3 nitrogen and oxygen atoms in total. The van der Waals surface area contributed by atoms with Gasteiger partial charge in [-0.15, -0.1) is 12.4 Å². The minimum absolute atomic E-state index is 0. The van der Waals surface area contributed by atoms with Crippen LogP contribution in [-0.2, 0) is 17.6 Å². The second kappa shape index (κ2) is 11.9. The third-order valence-electron chi connectivity index (χ3n) is 6.25. The van der Waals surface area contributed by atoms with Crippen molar-refractivity contribution in [2.75, 3.05) is 6.61 Å². The van der Waals surface area contributed by atoms with Crippen LogP contribution in [0.3, 0.4) is 0 Å². The fourth-order valence-corrected chi connectivity index (χ4v) is 9.80. The quantitative estimate of drug-likeness (QED) is 0.152. The van der Waals surface area contributed by atoms with Gasteiger partial charge >= 0.3 is 200 Å². The number of hydrogen-bond donors (Lipinski definition) is 0. The van der Waals surface area contributed by atoms with Crippen LogP contribution in [0, 0.1) is 0 Å². The molecule has 0 saturated heterocycles. The van der Waals surface area contributed by atoms with E-state index in [1.54, 1.807) is 0 Å². The van der Waals surface area contributed by atoms with Crippen LogP contribution in [0.15, 0.2) is 103 Å². The van der Waals surface area contributed by atoms with Crippen LogP contribution < -0.4 is 15.9 Å². The van der Waals surface area contributed by atoms with E-state index in [-0.39, 0.29) is 12.4 Å². The van der Waals surface area contributed by atoms with Gasteiger partial charge in [-0.1, -0.05) is 0 Å². The molecule has 0 unspecified atom stereocenters. The van der Waals surface area contributed by atoms with Crippen LogP contribution in [-0.4, -0.2) is 24.2 Å². The third kappa shape index (κ3) is 6.25. The minimum Gasteiger partial charge on any atom is -0.147 e. The van der Waals surface area contributed by atoms with E-state index in [1.807, 2.05) is 6.20 Å². The summed E-state index contributed by atoms with van der Waals surface area (Å²) in [6.45, 7) is 8.53. The Bertz CT molecular complexity index is 1030. The van der Waals surface area contributed by atoms with Gasteiger partial charge in [-0.05, 0) is 0 Å². The molecule has 0 amide bonds. The predicted octanol–water partition coefficient (Wildman–Crippen LogP) is 5.84. The number of hydrogen-bond acceptors (Lipinski definition) is 2. The van der Waals surface area contributed by atoms with Gasteiger partial charge in [0.15, 0.2) is 0 Å². The second-order valence-corrected chi connectivity index (χ2v) is 19.4. The zero-order valence-corrected chi connectivity index (χ0v) is 23.2. The van der Waals surface area contributed by atoms with Gasteiger partial charge in [0.1, 0.15) is 0 Å². The van der Waals surface area contributed by atoms with E-state index in [0.29, 0.717) is 6.73 Å². The maximum Gasteiger partial charge on any atom is -0.147 e. The molecule has 0 bridgehead atoms. The Morgan fingerprint density at radius 1 is 0.765 bits per heavy atom. The molecule has 0 fully saturated rings. The van der Waals surface area contributed by atoms with Crippen molar-refractivity contribution >= 4 is 43.7 Å². The number of halogens is 1. The normalized spacial score (nSPS) is 12.2. The Balaban J connectivity index is 0.00000324. The summed E-state index contributed by atoms with van der Waals surface area (Å²) in [5.74, 6) is 1.09. The molecule has 6 heteroatoms. The summed E-state index contributed by atoms with van der Waals surface area (Å²) in [4.78, 5) is 4.83. The van der Waals surface area contributed by atoms with Crippen molar-refractivity contribution in [2.45, 2.75) is 38.6 Å². The fraction of sp³-hybridized carbons (Fsp3) is 0.250. The summed E-state index contributed by atoms with van der Waals surface area (Å²) in [5, 5.41) is 4.20. The number of nitrogens with zero attached hydrogens (tertiary/aromatic N) is 2. The molecule has 0 saturated carbocycles. The van der Waals surface area contributed by atoms with E-state index < -0.39 is 15.3 Å². The van der Waals surface area contributed by atoms with Crippen LogP contribution in [0.4, 0.5) is 0 Å². The first-order valence-electron chi connectivity index (χ1n) is 11.7. The zero-order valence-electron chi connectivity index (χ0n) is 20.4. The van der Waals surface area contributed by atoms with E-state index in [0.717, 1.165) is 18.6 Å². The SMILES string of the molecule is C[Si](C)(C)CCOCn1ccnc1C[PH](c1ccccc1)(c1ccccc1)c1ccccc1.Cl. The van der Waals surface area contributed by atoms with Gasteiger partial charge in [-0.25, -0.2) is 0 Å². The van der Waals surface area contributed by atoms with E-state index in [4.69, 9.17) is 9.72 Å². The van der Waals surface area contributed by atoms with Crippen molar-refractivity contribution in [3.05, 3.63) is 109 Å². The van der Waals surface area contributed by atoms with Gasteiger partial charge in [0.25, 0.3) is 0 Å². The summed E-state index contributed by atoms with van der Waals surface area (Å²) >= 11 is 0. The summed E-state index contributed by atoms with van der Waals surface area (Å²) in [7, 11) is -3.48. The average Bonchev–Trinajstić information content (AvgIpc) is 3.28. The first kappa shape index (κ1) is 26.4. The first-order chi connectivity index (χ1) is 16.0. The van der Waals surface area contributed by atoms with Crippen molar-refractivity contribution < 1.29 is 4.74 Å². The van der Waals surface area contributed by atoms with Crippen molar-refractivity contribution in [1.82, 2.24) is 9.55 Å². The predicted molar refractivity (Wildman–Crippen MR) is 154 cm³/mol. The van der Waals surface area contributed by atoms with Gasteiger partial charge in [0.2, 0.25) is 0 Å². The molecule has 0 atom stereocenters. The molecule has 1 aromatic heterocycles. The maximum absolute atomic E-state index is 6.10. The average molecular weight is 511 g/mol. The van der Waals surface area contributed by atoms with Gasteiger partial charge in [-0.2, -0.15) is 0 Å². The molecule has 0 radical (unpaired) electrons. The molecule has 0 spiro atoms. The van der Waals surface area contributed by atoms with Gasteiger partial charge in [-0.3, -0.25) is 0 Å². The van der Waals surface area contributed by atoms with E-state index in [9.17, 15) is 0 Å². The molecule has 4 rings (SSSR count). The van der Waals surface area contributed by atoms with Gasteiger partial charge in [0, 0.05) is 0 Å². The standard InChI is InChI=1S/C28H35N2OPSi.ClH/c1-33(2,3)22-21-31-24-30-20-19-29-28(30)23-32(25-13-7-4-8-14-25,26-15-9-5-10-16-26)27-17-11-6-12-18-27;/h4-20,32H,21-24H2,1-3H3;1H. The Morgan fingerprint density at radius 3 is 1.68 bits per heavy atom. The number of aromatic nitrogens is 2. The van der Waals surface area contributed by atoms with Crippen LogP contribution in [0.1, 0.15) is 5.82 Å². The molecular formula is C28H36ClN2OPSi. The number of benzene rings is 3. The van der Waals surface area contributed by atoms with Crippen LogP contribution in [0.2, 0.25) is 25.7 Å². The summed E-state index contributed by atoms with van der Waals surface area (Å²) in [6, 6.07) is 34.2. The van der Waals surface area contributed by atoms with Crippen LogP contribution in [0.5, 0.6) is 0 Å². The third-order valence-corrected chi connectivity index (χ3v) is 12.8. The molecule has 1 heterocycles. The van der Waals surface area contributed by atoms with E-state index >= 15 is 0 Å². The minimum atomic E-state index is -2.37. The molecule has 0 aliphatic carbocycles. The number of ether oxygens (including phenoxy) is 1. The Labute approximate surface area is 212 Å². The molecule has 3 aromatic carbocycles. The molecule has 0 aliphatic heterocycles. The van der Waals surface area contributed by atoms with Crippen molar-refractivity contribution in [3.63, 3.8) is 0 Å². The summed E-state index contributed by atoms with van der Waals surface area (Å²) in [5.41, 5.74) is 0. The molecule has 34 heavy (non-hydrogen) atoms. The topological polar surface area (TPSA) is 27.1 Å². The maximum atomic E-state index is 6.10. The molecule has 4 aromatic rings. The molecular weight excluding hydrogens is 475 g/mol. The summed E-state index contributed by atoms with van der Waals surface area (Å²) < 4.78 is 8.29. The van der Waals surface area contributed by atoms with Gasteiger partial charge < -0.3 is 0 Å². The second-order valence-electron chi connectivity index (χ2n) is 9.84. The number of imidazole rings is 1. The van der Waals surface area contributed by atoms with E-state index in [1.165, 1.54) is 22.0 Å². The largest absolute Gasteiger partial charge is 0.147 e. The monoisotopic (exact) mass is 510 g/mol. The Morgan fingerprint density at radius 2 is 1.24 bits per heavy atom. The van der Waals surface area contributed by atoms with E-state index in [2.05, 4.69) is 121 Å². The smallest absolute Gasteiger partial charge is 0.147 e. The van der Waals surface area contributed by atoms with Crippen molar-refractivity contribution in [1.29, 1.82) is 0 Å². The van der Waals surface area contributed by atoms with Crippen LogP contribution >= 0.6 is 19.7 Å². The van der Waals surface area contributed by atoms with Gasteiger partial charge in [0.05, 0.1) is 0 Å². The number of rotatable bonds is 10. The van der Waals surface area contributed by atoms with Crippen molar-refractivity contribution in [2.24, 2.45) is 0 Å². The molecule has 180 valence electrons. The Kier molecular flexibility index (Phi) is 9.27. The molecule has 0 N–H and O–H groups in total. The summed E-state index contributed by atoms with van der Waals surface area (Å²) in [6.07, 6.45) is 4.86.